The van der Waals surface area contributed by atoms with Crippen molar-refractivity contribution in [2.45, 2.75) is 6.04 Å². The van der Waals surface area contributed by atoms with Crippen LogP contribution in [0.4, 0.5) is 5.69 Å². The number of anilines is 1. The molecule has 3 aromatic carbocycles. The Bertz CT molecular complexity index is 1710. The monoisotopic (exact) mass is 464 g/mol. The van der Waals surface area contributed by atoms with Crippen LogP contribution in [0, 0.1) is 0 Å². The van der Waals surface area contributed by atoms with Gasteiger partial charge in [0.15, 0.2) is 0 Å². The van der Waals surface area contributed by atoms with Crippen LogP contribution in [0.1, 0.15) is 17.3 Å². The molecule has 1 N–H and O–H groups in total. The maximum absolute atomic E-state index is 13.7. The van der Waals surface area contributed by atoms with Crippen molar-refractivity contribution < 1.29 is 4.74 Å². The van der Waals surface area contributed by atoms with Crippen molar-refractivity contribution in [1.29, 1.82) is 0 Å². The lowest BCUT2D eigenvalue weighted by Crippen LogP contribution is -2.37. The van der Waals surface area contributed by atoms with Crippen molar-refractivity contribution in [3.05, 3.63) is 111 Å². The summed E-state index contributed by atoms with van der Waals surface area (Å²) in [5.74, 6) is 0.730. The first-order valence-electron chi connectivity index (χ1n) is 11.4. The van der Waals surface area contributed by atoms with Gasteiger partial charge in [-0.3, -0.25) is 13.9 Å². The lowest BCUT2D eigenvalue weighted by Gasteiger charge is -2.31. The molecule has 0 fully saturated rings. The number of aryl methyl sites for hydroxylation is 1. The molecule has 0 saturated carbocycles. The van der Waals surface area contributed by atoms with E-state index in [9.17, 15) is 9.59 Å². The van der Waals surface area contributed by atoms with Gasteiger partial charge in [0.05, 0.1) is 46.8 Å². The number of ether oxygens (including phenoxy) is 1. The highest BCUT2D eigenvalue weighted by atomic mass is 16.5. The fraction of sp³-hybridized carbons (Fsp3) is 0.143. The van der Waals surface area contributed by atoms with E-state index in [0.29, 0.717) is 10.9 Å². The van der Waals surface area contributed by atoms with Gasteiger partial charge in [0.1, 0.15) is 5.75 Å². The lowest BCUT2D eigenvalue weighted by molar-refractivity contribution is 0.415. The van der Waals surface area contributed by atoms with Crippen LogP contribution in [0.25, 0.3) is 27.8 Å². The molecule has 6 rings (SSSR count). The molecule has 0 aliphatic carbocycles. The highest BCUT2D eigenvalue weighted by Gasteiger charge is 2.34. The number of aromatic nitrogens is 3. The Morgan fingerprint density at radius 1 is 0.829 bits per heavy atom. The maximum Gasteiger partial charge on any atom is 0.331 e. The molecule has 1 aliphatic heterocycles. The van der Waals surface area contributed by atoms with E-state index >= 15 is 0 Å². The summed E-state index contributed by atoms with van der Waals surface area (Å²) in [4.78, 5) is 26.8. The van der Waals surface area contributed by atoms with E-state index in [2.05, 4.69) is 22.0 Å². The molecule has 1 atom stereocenters. The zero-order chi connectivity index (χ0) is 24.3. The third kappa shape index (κ3) is 2.98. The Hall–Kier alpha value is -4.52. The van der Waals surface area contributed by atoms with Crippen LogP contribution in [-0.2, 0) is 14.1 Å². The minimum atomic E-state index is -0.358. The van der Waals surface area contributed by atoms with Gasteiger partial charge >= 0.3 is 5.69 Å². The van der Waals surface area contributed by atoms with Crippen molar-refractivity contribution in [3.8, 4) is 22.7 Å². The number of hydrogen-bond donors (Lipinski definition) is 1. The number of rotatable bonds is 3. The average Bonchev–Trinajstić information content (AvgIpc) is 3.27. The van der Waals surface area contributed by atoms with Gasteiger partial charge in [-0.05, 0) is 47.5 Å². The summed E-state index contributed by atoms with van der Waals surface area (Å²) in [7, 11) is 4.88. The van der Waals surface area contributed by atoms with Gasteiger partial charge in [0.25, 0.3) is 5.56 Å². The van der Waals surface area contributed by atoms with Crippen LogP contribution < -0.4 is 21.3 Å². The molecule has 3 heterocycles. The molecule has 0 unspecified atom stereocenters. The molecule has 7 heteroatoms. The number of methoxy groups -OCH3 is 1. The first-order valence-corrected chi connectivity index (χ1v) is 11.4. The predicted octanol–water partition coefficient (Wildman–Crippen LogP) is 4.22. The summed E-state index contributed by atoms with van der Waals surface area (Å²) >= 11 is 0. The summed E-state index contributed by atoms with van der Waals surface area (Å²) in [6.07, 6.45) is 0. The van der Waals surface area contributed by atoms with Gasteiger partial charge in [-0.1, -0.05) is 42.5 Å². The van der Waals surface area contributed by atoms with Crippen molar-refractivity contribution >= 4 is 16.6 Å². The molecule has 0 saturated heterocycles. The second-order valence-electron chi connectivity index (χ2n) is 8.73. The standard InChI is InChI=1S/C28H24N4O3/c1-30-25-22(27(33)31(2)28(30)34)24(18-13-15-19(35-3)16-14-18)32-21-12-8-7-11-20(21)29-23(26(25)32)17-9-5-4-6-10-17/h4-16,23,29H,1-3H3/t23-/m0/s1. The van der Waals surface area contributed by atoms with Crippen molar-refractivity contribution in [3.63, 3.8) is 0 Å². The van der Waals surface area contributed by atoms with E-state index in [4.69, 9.17) is 4.74 Å². The molecule has 1 aliphatic rings. The fourth-order valence-corrected chi connectivity index (χ4v) is 5.14. The summed E-state index contributed by atoms with van der Waals surface area (Å²) < 4.78 is 10.3. The van der Waals surface area contributed by atoms with Crippen LogP contribution in [0.5, 0.6) is 5.75 Å². The summed E-state index contributed by atoms with van der Waals surface area (Å²) in [6.45, 7) is 0. The predicted molar refractivity (Wildman–Crippen MR) is 138 cm³/mol. The van der Waals surface area contributed by atoms with Crippen molar-refractivity contribution in [2.24, 2.45) is 14.1 Å². The smallest absolute Gasteiger partial charge is 0.331 e. The zero-order valence-electron chi connectivity index (χ0n) is 19.6. The molecule has 2 aromatic heterocycles. The Morgan fingerprint density at radius 3 is 2.23 bits per heavy atom. The van der Waals surface area contributed by atoms with E-state index in [1.807, 2.05) is 66.7 Å². The molecule has 0 amide bonds. The van der Waals surface area contributed by atoms with Crippen molar-refractivity contribution in [1.82, 2.24) is 13.7 Å². The van der Waals surface area contributed by atoms with Crippen LogP contribution in [-0.4, -0.2) is 20.8 Å². The largest absolute Gasteiger partial charge is 0.497 e. The first kappa shape index (κ1) is 21.0. The molecule has 0 radical (unpaired) electrons. The van der Waals surface area contributed by atoms with Gasteiger partial charge in [0.2, 0.25) is 0 Å². The minimum absolute atomic E-state index is 0.265. The van der Waals surface area contributed by atoms with Crippen LogP contribution >= 0.6 is 0 Å². The SMILES string of the molecule is COc1ccc(-c2c3c(=O)n(C)c(=O)n(C)c3c3n2-c2ccccc2N[C@H]3c2ccccc2)cc1. The number of fused-ring (bicyclic) bond motifs is 5. The molecule has 0 spiro atoms. The average molecular weight is 465 g/mol. The topological polar surface area (TPSA) is 70.2 Å². The molecular weight excluding hydrogens is 440 g/mol. The van der Waals surface area contributed by atoms with E-state index in [-0.39, 0.29) is 17.3 Å². The third-order valence-electron chi connectivity index (χ3n) is 6.82. The van der Waals surface area contributed by atoms with Crippen LogP contribution in [0.3, 0.4) is 0 Å². The van der Waals surface area contributed by atoms with Crippen LogP contribution in [0.2, 0.25) is 0 Å². The minimum Gasteiger partial charge on any atom is -0.497 e. The van der Waals surface area contributed by atoms with Gasteiger partial charge in [-0.15, -0.1) is 0 Å². The summed E-state index contributed by atoms with van der Waals surface area (Å²) in [5, 5.41) is 4.17. The highest BCUT2D eigenvalue weighted by Crippen LogP contribution is 2.45. The first-order chi connectivity index (χ1) is 17.0. The summed E-state index contributed by atoms with van der Waals surface area (Å²) in [5.41, 5.74) is 5.33. The van der Waals surface area contributed by atoms with E-state index in [1.165, 1.54) is 11.6 Å². The molecule has 0 bridgehead atoms. The highest BCUT2D eigenvalue weighted by molar-refractivity contribution is 5.99. The van der Waals surface area contributed by atoms with Gasteiger partial charge in [-0.25, -0.2) is 4.79 Å². The zero-order valence-corrected chi connectivity index (χ0v) is 19.6. The summed E-state index contributed by atoms with van der Waals surface area (Å²) in [6, 6.07) is 25.5. The number of nitrogens with one attached hydrogen (secondary N) is 1. The fourth-order valence-electron chi connectivity index (χ4n) is 5.14. The van der Waals surface area contributed by atoms with E-state index in [0.717, 1.165) is 39.6 Å². The van der Waals surface area contributed by atoms with Gasteiger partial charge < -0.3 is 14.6 Å². The lowest BCUT2D eigenvalue weighted by atomic mass is 9.99. The van der Waals surface area contributed by atoms with Crippen LogP contribution in [0.15, 0.2) is 88.5 Å². The second-order valence-corrected chi connectivity index (χ2v) is 8.73. The second kappa shape index (κ2) is 7.77. The molecule has 7 nitrogen and oxygen atoms in total. The van der Waals surface area contributed by atoms with E-state index < -0.39 is 0 Å². The number of nitrogens with zero attached hydrogens (tertiary/aromatic N) is 3. The molecule has 174 valence electrons. The Kier molecular flexibility index (Phi) is 4.67. The van der Waals surface area contributed by atoms with Gasteiger partial charge in [0, 0.05) is 14.1 Å². The quantitative estimate of drug-likeness (QED) is 0.434. The number of para-hydroxylation sites is 2. The Labute approximate surface area is 201 Å². The maximum atomic E-state index is 13.7. The Morgan fingerprint density at radius 2 is 1.51 bits per heavy atom. The Balaban J connectivity index is 1.84. The van der Waals surface area contributed by atoms with E-state index in [1.54, 1.807) is 18.7 Å². The molecule has 5 aromatic rings. The van der Waals surface area contributed by atoms with Gasteiger partial charge in [-0.2, -0.15) is 0 Å². The third-order valence-corrected chi connectivity index (χ3v) is 6.82. The normalized spacial score (nSPS) is 14.3. The number of benzene rings is 3. The van der Waals surface area contributed by atoms with Crippen molar-refractivity contribution in [2.75, 3.05) is 12.4 Å². The number of hydrogen-bond acceptors (Lipinski definition) is 4. The molecule has 35 heavy (non-hydrogen) atoms. The molecular formula is C28H24N4O3.